The molecule has 0 aliphatic carbocycles. The first-order chi connectivity index (χ1) is 9.66. The lowest BCUT2D eigenvalue weighted by molar-refractivity contribution is 0.472. The predicted molar refractivity (Wildman–Crippen MR) is 64.4 cm³/mol. The molecule has 0 amide bonds. The first kappa shape index (κ1) is 15.5. The lowest BCUT2D eigenvalue weighted by atomic mass is 10.2. The molecule has 2 aromatic rings. The molecule has 4 N–H and O–H groups in total. The zero-order valence-electron chi connectivity index (χ0n) is 10.3. The molecule has 0 spiro atoms. The molecular weight excluding hydrogens is 328 g/mol. The molecule has 2 rings (SSSR count). The molecule has 116 valence electrons. The molecule has 0 unspecified atom stereocenters. The molecule has 2 aromatic heterocycles. The molecule has 0 fully saturated rings. The maximum atomic E-state index is 10.8. The molecule has 0 aliphatic heterocycles. The molecule has 21 heavy (non-hydrogen) atoms. The maximum Gasteiger partial charge on any atom is 0.330 e. The van der Waals surface area contributed by atoms with Gasteiger partial charge in [-0.1, -0.05) is 0 Å². The SMILES string of the molecule is O=S(=O)(O)c1nnc(CCCc2nnc(S(=O)(=O)O)[nH]2)[nH]1. The van der Waals surface area contributed by atoms with E-state index < -0.39 is 30.5 Å². The van der Waals surface area contributed by atoms with Gasteiger partial charge in [0.2, 0.25) is 0 Å². The number of nitrogens with zero attached hydrogens (tertiary/aromatic N) is 4. The third kappa shape index (κ3) is 4.03. The summed E-state index contributed by atoms with van der Waals surface area (Å²) in [5.74, 6) is 0.467. The minimum absolute atomic E-state index is 0.233. The summed E-state index contributed by atoms with van der Waals surface area (Å²) in [7, 11) is -8.85. The van der Waals surface area contributed by atoms with E-state index in [0.717, 1.165) is 0 Å². The lowest BCUT2D eigenvalue weighted by Crippen LogP contribution is -2.01. The van der Waals surface area contributed by atoms with Crippen LogP contribution in [0, 0.1) is 0 Å². The normalized spacial score (nSPS) is 12.7. The molecule has 12 nitrogen and oxygen atoms in total. The third-order valence-electron chi connectivity index (χ3n) is 2.34. The number of rotatable bonds is 6. The zero-order chi connectivity index (χ0) is 15.7. The molecule has 2 heterocycles. The molecule has 0 aromatic carbocycles. The van der Waals surface area contributed by atoms with Crippen LogP contribution in [0.1, 0.15) is 18.1 Å². The summed E-state index contributed by atoms with van der Waals surface area (Å²) in [6, 6.07) is 0. The zero-order valence-corrected chi connectivity index (χ0v) is 11.9. The van der Waals surface area contributed by atoms with E-state index in [0.29, 0.717) is 6.42 Å². The van der Waals surface area contributed by atoms with Gasteiger partial charge in [0.05, 0.1) is 0 Å². The highest BCUT2D eigenvalue weighted by molar-refractivity contribution is 7.85. The van der Waals surface area contributed by atoms with Crippen molar-refractivity contribution in [2.24, 2.45) is 0 Å². The van der Waals surface area contributed by atoms with Gasteiger partial charge in [-0.2, -0.15) is 16.8 Å². The molecular formula is C7H10N6O6S2. The Hall–Kier alpha value is -1.90. The van der Waals surface area contributed by atoms with Crippen molar-refractivity contribution in [1.82, 2.24) is 30.4 Å². The van der Waals surface area contributed by atoms with Gasteiger partial charge in [-0.05, 0) is 6.42 Å². The van der Waals surface area contributed by atoms with Gasteiger partial charge in [0.15, 0.2) is 0 Å². The van der Waals surface area contributed by atoms with E-state index in [-0.39, 0.29) is 24.5 Å². The summed E-state index contributed by atoms with van der Waals surface area (Å²) in [6.45, 7) is 0. The van der Waals surface area contributed by atoms with Crippen LogP contribution in [0.2, 0.25) is 0 Å². The summed E-state index contributed by atoms with van der Waals surface area (Å²) in [5, 5.41) is 12.3. The Bertz CT molecular complexity index is 766. The summed E-state index contributed by atoms with van der Waals surface area (Å²) >= 11 is 0. The minimum Gasteiger partial charge on any atom is -0.314 e. The smallest absolute Gasteiger partial charge is 0.314 e. The van der Waals surface area contributed by atoms with Crippen LogP contribution in [0.15, 0.2) is 10.3 Å². The van der Waals surface area contributed by atoms with E-state index in [1.54, 1.807) is 0 Å². The Labute approximate surface area is 118 Å². The van der Waals surface area contributed by atoms with Crippen molar-refractivity contribution in [1.29, 1.82) is 0 Å². The van der Waals surface area contributed by atoms with Crippen LogP contribution in [0.4, 0.5) is 0 Å². The monoisotopic (exact) mass is 338 g/mol. The quantitative estimate of drug-likeness (QED) is 0.455. The van der Waals surface area contributed by atoms with Crippen LogP contribution in [0.5, 0.6) is 0 Å². The molecule has 14 heteroatoms. The lowest BCUT2D eigenvalue weighted by Gasteiger charge is -1.94. The second kappa shape index (κ2) is 5.47. The third-order valence-corrected chi connectivity index (χ3v) is 3.69. The van der Waals surface area contributed by atoms with Gasteiger partial charge in [-0.25, -0.2) is 0 Å². The summed E-state index contributed by atoms with van der Waals surface area (Å²) in [4.78, 5) is 4.65. The topological polar surface area (TPSA) is 192 Å². The van der Waals surface area contributed by atoms with Crippen molar-refractivity contribution in [3.05, 3.63) is 11.6 Å². The van der Waals surface area contributed by atoms with Gasteiger partial charge in [-0.3, -0.25) is 9.11 Å². The van der Waals surface area contributed by atoms with Crippen LogP contribution in [-0.4, -0.2) is 56.3 Å². The molecule has 0 bridgehead atoms. The summed E-state index contributed by atoms with van der Waals surface area (Å²) < 4.78 is 60.5. The van der Waals surface area contributed by atoms with E-state index in [1.165, 1.54) is 0 Å². The van der Waals surface area contributed by atoms with Gasteiger partial charge in [0.25, 0.3) is 10.3 Å². The Balaban J connectivity index is 1.93. The van der Waals surface area contributed by atoms with Crippen molar-refractivity contribution in [2.45, 2.75) is 29.6 Å². The summed E-state index contributed by atoms with van der Waals surface area (Å²) in [6.07, 6.45) is 0.981. The standard InChI is InChI=1S/C7H10N6O6S2/c14-20(15,16)6-8-4(10-12-6)2-1-3-5-9-7(13-11-5)21(17,18)19/h1-3H2,(H,8,10,12)(H,9,11,13)(H,14,15,16)(H,17,18,19). The van der Waals surface area contributed by atoms with Crippen LogP contribution < -0.4 is 0 Å². The second-order valence-electron chi connectivity index (χ2n) is 3.96. The number of hydrogen-bond acceptors (Lipinski definition) is 8. The van der Waals surface area contributed by atoms with Crippen molar-refractivity contribution in [3.63, 3.8) is 0 Å². The number of aromatic nitrogens is 6. The van der Waals surface area contributed by atoms with Gasteiger partial charge in [-0.15, -0.1) is 20.4 Å². The largest absolute Gasteiger partial charge is 0.330 e. The van der Waals surface area contributed by atoms with E-state index in [4.69, 9.17) is 9.11 Å². The minimum atomic E-state index is -4.42. The van der Waals surface area contributed by atoms with E-state index >= 15 is 0 Å². The van der Waals surface area contributed by atoms with Crippen molar-refractivity contribution in [2.75, 3.05) is 0 Å². The predicted octanol–water partition coefficient (Wildman–Crippen LogP) is -1.41. The average Bonchev–Trinajstić information content (AvgIpc) is 2.95. The highest BCUT2D eigenvalue weighted by Gasteiger charge is 2.17. The van der Waals surface area contributed by atoms with E-state index in [2.05, 4.69) is 30.4 Å². The Morgan fingerprint density at radius 1 is 0.762 bits per heavy atom. The fourth-order valence-corrected chi connectivity index (χ4v) is 2.22. The molecule has 0 radical (unpaired) electrons. The van der Waals surface area contributed by atoms with Crippen molar-refractivity contribution < 1.29 is 25.9 Å². The van der Waals surface area contributed by atoms with Crippen LogP contribution in [0.25, 0.3) is 0 Å². The van der Waals surface area contributed by atoms with Crippen LogP contribution >= 0.6 is 0 Å². The first-order valence-electron chi connectivity index (χ1n) is 5.44. The van der Waals surface area contributed by atoms with Crippen LogP contribution in [0.3, 0.4) is 0 Å². The fraction of sp³-hybridized carbons (Fsp3) is 0.429. The highest BCUT2D eigenvalue weighted by Crippen LogP contribution is 2.06. The number of nitrogens with one attached hydrogen (secondary N) is 2. The number of H-pyrrole nitrogens is 2. The number of aryl methyl sites for hydroxylation is 2. The molecule has 0 saturated heterocycles. The fourth-order valence-electron chi connectivity index (χ4n) is 1.44. The Morgan fingerprint density at radius 3 is 1.43 bits per heavy atom. The van der Waals surface area contributed by atoms with Crippen molar-refractivity contribution in [3.8, 4) is 0 Å². The second-order valence-corrected chi connectivity index (χ2v) is 6.63. The van der Waals surface area contributed by atoms with Crippen molar-refractivity contribution >= 4 is 20.2 Å². The van der Waals surface area contributed by atoms with Gasteiger partial charge in [0, 0.05) is 12.8 Å². The van der Waals surface area contributed by atoms with Crippen LogP contribution in [-0.2, 0) is 33.1 Å². The van der Waals surface area contributed by atoms with Gasteiger partial charge in [0.1, 0.15) is 11.6 Å². The summed E-state index contributed by atoms with van der Waals surface area (Å²) in [5.41, 5.74) is 0. The average molecular weight is 338 g/mol. The number of hydrogen-bond donors (Lipinski definition) is 4. The molecule has 0 saturated carbocycles. The molecule has 0 aliphatic rings. The Morgan fingerprint density at radius 2 is 1.14 bits per heavy atom. The highest BCUT2D eigenvalue weighted by atomic mass is 32.2. The van der Waals surface area contributed by atoms with E-state index in [9.17, 15) is 16.8 Å². The molecule has 0 atom stereocenters. The maximum absolute atomic E-state index is 10.8. The van der Waals surface area contributed by atoms with E-state index in [1.807, 2.05) is 0 Å². The Kier molecular flexibility index (Phi) is 4.04. The van der Waals surface area contributed by atoms with Gasteiger partial charge < -0.3 is 9.97 Å². The first-order valence-corrected chi connectivity index (χ1v) is 8.32. The number of aromatic amines is 2. The van der Waals surface area contributed by atoms with Gasteiger partial charge >= 0.3 is 20.2 Å².